The molecule has 0 saturated heterocycles. The summed E-state index contributed by atoms with van der Waals surface area (Å²) in [5, 5.41) is 4.51. The van der Waals surface area contributed by atoms with Crippen molar-refractivity contribution in [1.29, 1.82) is 0 Å². The van der Waals surface area contributed by atoms with Crippen molar-refractivity contribution < 1.29 is 4.74 Å². The van der Waals surface area contributed by atoms with Crippen molar-refractivity contribution in [3.05, 3.63) is 34.7 Å². The van der Waals surface area contributed by atoms with Crippen LogP contribution in [0.15, 0.2) is 6.20 Å². The van der Waals surface area contributed by atoms with E-state index < -0.39 is 0 Å². The molecule has 0 amide bonds. The van der Waals surface area contributed by atoms with E-state index >= 15 is 0 Å². The van der Waals surface area contributed by atoms with Gasteiger partial charge in [0.25, 0.3) is 0 Å². The van der Waals surface area contributed by atoms with Gasteiger partial charge in [0.15, 0.2) is 0 Å². The average Bonchev–Trinajstić information content (AvgIpc) is 2.89. The summed E-state index contributed by atoms with van der Waals surface area (Å²) >= 11 is 0. The molecular weight excluding hydrogens is 278 g/mol. The summed E-state index contributed by atoms with van der Waals surface area (Å²) in [5.74, 6) is 1.04. The van der Waals surface area contributed by atoms with Gasteiger partial charge in [-0.3, -0.25) is 9.58 Å². The summed E-state index contributed by atoms with van der Waals surface area (Å²) in [5.41, 5.74) is 4.71. The van der Waals surface area contributed by atoms with Crippen molar-refractivity contribution in [2.45, 2.75) is 33.9 Å². The van der Waals surface area contributed by atoms with E-state index in [-0.39, 0.29) is 0 Å². The van der Waals surface area contributed by atoms with E-state index in [0.717, 1.165) is 36.8 Å². The van der Waals surface area contributed by atoms with Gasteiger partial charge in [-0.25, -0.2) is 4.98 Å². The summed E-state index contributed by atoms with van der Waals surface area (Å²) < 4.78 is 9.26. The topological polar surface area (TPSA) is 48.1 Å². The Morgan fingerprint density at radius 3 is 2.41 bits per heavy atom. The Labute approximate surface area is 132 Å². The molecule has 122 valence electrons. The molecule has 0 atom stereocenters. The first-order valence-electron chi connectivity index (χ1n) is 7.61. The minimum Gasteiger partial charge on any atom is -0.383 e. The maximum Gasteiger partial charge on any atom is 0.105 e. The molecule has 6 heteroatoms. The third kappa shape index (κ3) is 3.75. The maximum atomic E-state index is 5.25. The molecule has 0 aromatic carbocycles. The van der Waals surface area contributed by atoms with E-state index in [1.165, 1.54) is 11.3 Å². The Kier molecular flexibility index (Phi) is 5.37. The predicted octanol–water partition coefficient (Wildman–Crippen LogP) is 1.73. The van der Waals surface area contributed by atoms with Gasteiger partial charge in [0, 0.05) is 58.3 Å². The van der Waals surface area contributed by atoms with Gasteiger partial charge >= 0.3 is 0 Å². The minimum absolute atomic E-state index is 0.712. The molecule has 0 saturated carbocycles. The number of rotatable bonds is 7. The highest BCUT2D eigenvalue weighted by atomic mass is 16.5. The molecule has 0 bridgehead atoms. The van der Waals surface area contributed by atoms with E-state index in [9.17, 15) is 0 Å². The lowest BCUT2D eigenvalue weighted by Gasteiger charge is -2.21. The second-order valence-electron chi connectivity index (χ2n) is 5.87. The zero-order valence-corrected chi connectivity index (χ0v) is 14.6. The number of imidazole rings is 1. The maximum absolute atomic E-state index is 5.25. The number of aryl methyl sites for hydroxylation is 4. The van der Waals surface area contributed by atoms with E-state index in [1.807, 2.05) is 25.7 Å². The van der Waals surface area contributed by atoms with Crippen LogP contribution in [0.25, 0.3) is 0 Å². The number of hydrogen-bond donors (Lipinski definition) is 0. The molecule has 0 spiro atoms. The van der Waals surface area contributed by atoms with E-state index in [4.69, 9.17) is 4.74 Å². The first-order valence-corrected chi connectivity index (χ1v) is 7.61. The summed E-state index contributed by atoms with van der Waals surface area (Å²) in [6, 6.07) is 0. The number of methoxy groups -OCH3 is 1. The molecule has 2 aromatic rings. The van der Waals surface area contributed by atoms with Crippen LogP contribution in [0.2, 0.25) is 0 Å². The second kappa shape index (κ2) is 7.07. The lowest BCUT2D eigenvalue weighted by atomic mass is 10.2. The van der Waals surface area contributed by atoms with Crippen LogP contribution in [0.3, 0.4) is 0 Å². The third-order valence-corrected chi connectivity index (χ3v) is 4.20. The highest BCUT2D eigenvalue weighted by Gasteiger charge is 2.15. The summed E-state index contributed by atoms with van der Waals surface area (Å²) in [6.45, 7) is 9.49. The number of ether oxygens (including phenoxy) is 1. The molecule has 6 nitrogen and oxygen atoms in total. The molecule has 0 aliphatic rings. The molecular formula is C16H27N5O. The summed E-state index contributed by atoms with van der Waals surface area (Å²) in [6.07, 6.45) is 2.10. The quantitative estimate of drug-likeness (QED) is 0.781. The smallest absolute Gasteiger partial charge is 0.105 e. The van der Waals surface area contributed by atoms with Crippen LogP contribution in [0, 0.1) is 20.8 Å². The minimum atomic E-state index is 0.712. The van der Waals surface area contributed by atoms with Crippen LogP contribution < -0.4 is 0 Å². The monoisotopic (exact) mass is 305 g/mol. The third-order valence-electron chi connectivity index (χ3n) is 4.20. The SMILES string of the molecule is COCCN(Cc1cn(C)c(C)n1)Cc1c(C)nn(C)c1C. The van der Waals surface area contributed by atoms with E-state index in [2.05, 4.69) is 39.6 Å². The van der Waals surface area contributed by atoms with Gasteiger partial charge in [-0.1, -0.05) is 0 Å². The van der Waals surface area contributed by atoms with Gasteiger partial charge in [-0.15, -0.1) is 0 Å². The number of nitrogens with zero attached hydrogens (tertiary/aromatic N) is 5. The Morgan fingerprint density at radius 2 is 1.91 bits per heavy atom. The van der Waals surface area contributed by atoms with E-state index in [0.29, 0.717) is 6.61 Å². The molecule has 22 heavy (non-hydrogen) atoms. The molecule has 0 unspecified atom stereocenters. The standard InChI is InChI=1S/C16H27N5O/c1-12-16(13(2)20(5)18-12)11-21(7-8-22-6)10-15-9-19(4)14(3)17-15/h9H,7-8,10-11H2,1-6H3. The van der Waals surface area contributed by atoms with Crippen LogP contribution in [0.1, 0.15) is 28.5 Å². The second-order valence-corrected chi connectivity index (χ2v) is 5.87. The Morgan fingerprint density at radius 1 is 1.18 bits per heavy atom. The predicted molar refractivity (Wildman–Crippen MR) is 86.6 cm³/mol. The van der Waals surface area contributed by atoms with Gasteiger partial charge in [0.2, 0.25) is 0 Å². The zero-order valence-electron chi connectivity index (χ0n) is 14.6. The fourth-order valence-electron chi connectivity index (χ4n) is 2.64. The van der Waals surface area contributed by atoms with Gasteiger partial charge < -0.3 is 9.30 Å². The van der Waals surface area contributed by atoms with Gasteiger partial charge in [0.1, 0.15) is 5.82 Å². The fourth-order valence-corrected chi connectivity index (χ4v) is 2.64. The van der Waals surface area contributed by atoms with Crippen LogP contribution in [0.5, 0.6) is 0 Å². The van der Waals surface area contributed by atoms with Crippen LogP contribution in [0.4, 0.5) is 0 Å². The first kappa shape index (κ1) is 16.7. The first-order chi connectivity index (χ1) is 10.4. The number of hydrogen-bond acceptors (Lipinski definition) is 4. The van der Waals surface area contributed by atoms with Crippen molar-refractivity contribution in [3.8, 4) is 0 Å². The Balaban J connectivity index is 2.15. The number of aromatic nitrogens is 4. The largest absolute Gasteiger partial charge is 0.383 e. The normalized spacial score (nSPS) is 11.6. The van der Waals surface area contributed by atoms with Gasteiger partial charge in [-0.2, -0.15) is 5.10 Å². The highest BCUT2D eigenvalue weighted by molar-refractivity contribution is 5.24. The van der Waals surface area contributed by atoms with Gasteiger partial charge in [0.05, 0.1) is 18.0 Å². The van der Waals surface area contributed by atoms with Crippen LogP contribution in [-0.4, -0.2) is 44.5 Å². The average molecular weight is 305 g/mol. The summed E-state index contributed by atoms with van der Waals surface area (Å²) in [4.78, 5) is 6.97. The van der Waals surface area contributed by atoms with Crippen molar-refractivity contribution in [2.24, 2.45) is 14.1 Å². The molecule has 0 aliphatic heterocycles. The zero-order chi connectivity index (χ0) is 16.3. The molecule has 0 fully saturated rings. The lowest BCUT2D eigenvalue weighted by Crippen LogP contribution is -2.27. The lowest BCUT2D eigenvalue weighted by molar-refractivity contribution is 0.139. The molecule has 0 N–H and O–H groups in total. The van der Waals surface area contributed by atoms with E-state index in [1.54, 1.807) is 7.11 Å². The Hall–Kier alpha value is -1.66. The molecule has 0 radical (unpaired) electrons. The summed E-state index contributed by atoms with van der Waals surface area (Å²) in [7, 11) is 5.76. The molecule has 2 rings (SSSR count). The van der Waals surface area contributed by atoms with Crippen molar-refractivity contribution in [3.63, 3.8) is 0 Å². The Bertz CT molecular complexity index is 609. The molecule has 0 aliphatic carbocycles. The van der Waals surface area contributed by atoms with Crippen molar-refractivity contribution >= 4 is 0 Å². The van der Waals surface area contributed by atoms with Crippen LogP contribution >= 0.6 is 0 Å². The van der Waals surface area contributed by atoms with Crippen molar-refractivity contribution in [2.75, 3.05) is 20.3 Å². The highest BCUT2D eigenvalue weighted by Crippen LogP contribution is 2.16. The van der Waals surface area contributed by atoms with Gasteiger partial charge in [-0.05, 0) is 20.8 Å². The molecule has 2 aromatic heterocycles. The fraction of sp³-hybridized carbons (Fsp3) is 0.625. The van der Waals surface area contributed by atoms with Crippen molar-refractivity contribution in [1.82, 2.24) is 24.2 Å². The molecule has 2 heterocycles. The van der Waals surface area contributed by atoms with Crippen LogP contribution in [-0.2, 0) is 31.9 Å².